The van der Waals surface area contributed by atoms with E-state index in [0.717, 1.165) is 24.3 Å². The van der Waals surface area contributed by atoms with Gasteiger partial charge in [-0.15, -0.1) is 24.0 Å². The number of nitrogens with zero attached hydrogens (tertiary/aromatic N) is 1. The molecule has 1 aliphatic rings. The predicted molar refractivity (Wildman–Crippen MR) is 108 cm³/mol. The molecule has 0 aliphatic carbocycles. The van der Waals surface area contributed by atoms with Gasteiger partial charge in [0.1, 0.15) is 5.75 Å². The van der Waals surface area contributed by atoms with Crippen LogP contribution in [0.4, 0.5) is 0 Å². The summed E-state index contributed by atoms with van der Waals surface area (Å²) in [7, 11) is -1.23. The number of aliphatic imine (C=N–C) groups is 1. The first kappa shape index (κ1) is 21.0. The highest BCUT2D eigenvalue weighted by Gasteiger charge is 2.28. The number of sulfone groups is 1. The molecule has 1 aromatic rings. The number of ether oxygens (including phenoxy) is 1. The summed E-state index contributed by atoms with van der Waals surface area (Å²) < 4.78 is 28.3. The van der Waals surface area contributed by atoms with Crippen LogP contribution >= 0.6 is 24.0 Å². The highest BCUT2D eigenvalue weighted by atomic mass is 127. The van der Waals surface area contributed by atoms with E-state index in [1.807, 2.05) is 31.2 Å². The maximum atomic E-state index is 11.5. The van der Waals surface area contributed by atoms with Crippen LogP contribution in [0, 0.1) is 0 Å². The Hall–Kier alpha value is -1.03. The zero-order chi connectivity index (χ0) is 16.7. The van der Waals surface area contributed by atoms with E-state index >= 15 is 0 Å². The molecular weight excluding hydrogens is 441 g/mol. The summed E-state index contributed by atoms with van der Waals surface area (Å²) in [6.45, 7) is 3.36. The van der Waals surface area contributed by atoms with Gasteiger partial charge in [0.15, 0.2) is 15.8 Å². The molecule has 1 saturated heterocycles. The molecule has 0 amide bonds. The van der Waals surface area contributed by atoms with Gasteiger partial charge >= 0.3 is 0 Å². The van der Waals surface area contributed by atoms with E-state index in [9.17, 15) is 8.42 Å². The lowest BCUT2D eigenvalue weighted by Gasteiger charge is -2.15. The summed E-state index contributed by atoms with van der Waals surface area (Å²) >= 11 is 0. The summed E-state index contributed by atoms with van der Waals surface area (Å²) in [5.41, 5.74) is 1.16. The molecule has 1 heterocycles. The molecule has 1 aliphatic heterocycles. The van der Waals surface area contributed by atoms with Crippen molar-refractivity contribution in [2.45, 2.75) is 25.8 Å². The average molecular weight is 467 g/mol. The van der Waals surface area contributed by atoms with Gasteiger partial charge in [0.05, 0.1) is 18.6 Å². The molecule has 0 saturated carbocycles. The largest absolute Gasteiger partial charge is 0.497 e. The first-order valence-corrected chi connectivity index (χ1v) is 9.73. The smallest absolute Gasteiger partial charge is 0.191 e. The fraction of sp³-hybridized carbons (Fsp3) is 0.562. The number of halogens is 1. The Morgan fingerprint density at radius 1 is 1.42 bits per heavy atom. The zero-order valence-corrected chi connectivity index (χ0v) is 17.3. The maximum Gasteiger partial charge on any atom is 0.191 e. The fourth-order valence-electron chi connectivity index (χ4n) is 2.55. The number of hydrogen-bond acceptors (Lipinski definition) is 4. The van der Waals surface area contributed by atoms with Crippen molar-refractivity contribution in [1.29, 1.82) is 0 Å². The minimum Gasteiger partial charge on any atom is -0.497 e. The van der Waals surface area contributed by atoms with Crippen LogP contribution in [0.3, 0.4) is 0 Å². The van der Waals surface area contributed by atoms with Gasteiger partial charge in [-0.3, -0.25) is 4.99 Å². The van der Waals surface area contributed by atoms with Gasteiger partial charge in [0.25, 0.3) is 0 Å². The van der Waals surface area contributed by atoms with Crippen molar-refractivity contribution in [2.24, 2.45) is 4.99 Å². The lowest BCUT2D eigenvalue weighted by molar-refractivity contribution is 0.414. The third-order valence-electron chi connectivity index (χ3n) is 3.72. The van der Waals surface area contributed by atoms with Crippen LogP contribution in [0.2, 0.25) is 0 Å². The maximum absolute atomic E-state index is 11.5. The second-order valence-electron chi connectivity index (χ2n) is 5.61. The van der Waals surface area contributed by atoms with Crippen LogP contribution in [-0.2, 0) is 16.3 Å². The van der Waals surface area contributed by atoms with Gasteiger partial charge in [0, 0.05) is 19.1 Å². The molecule has 1 aromatic carbocycles. The van der Waals surface area contributed by atoms with Crippen LogP contribution in [0.25, 0.3) is 0 Å². The van der Waals surface area contributed by atoms with Crippen molar-refractivity contribution in [3.8, 4) is 5.75 Å². The lowest BCUT2D eigenvalue weighted by Crippen LogP contribution is -2.44. The molecular formula is C16H26IN3O3S. The van der Waals surface area contributed by atoms with E-state index in [-0.39, 0.29) is 41.5 Å². The fourth-order valence-corrected chi connectivity index (χ4v) is 4.22. The van der Waals surface area contributed by atoms with E-state index in [1.54, 1.807) is 7.11 Å². The number of rotatable bonds is 6. The quantitative estimate of drug-likeness (QED) is 0.378. The van der Waals surface area contributed by atoms with E-state index in [4.69, 9.17) is 4.74 Å². The monoisotopic (exact) mass is 467 g/mol. The number of benzene rings is 1. The van der Waals surface area contributed by atoms with E-state index in [1.165, 1.54) is 0 Å². The topological polar surface area (TPSA) is 79.8 Å². The van der Waals surface area contributed by atoms with Gasteiger partial charge in [-0.05, 0) is 37.5 Å². The minimum atomic E-state index is -2.89. The SMILES string of the molecule is CCNC(=NCCc1cccc(OC)c1)NC1CCS(=O)(=O)C1.I. The Morgan fingerprint density at radius 3 is 2.83 bits per heavy atom. The molecule has 8 heteroatoms. The van der Waals surface area contributed by atoms with E-state index in [2.05, 4.69) is 15.6 Å². The average Bonchev–Trinajstić information content (AvgIpc) is 2.86. The van der Waals surface area contributed by atoms with Gasteiger partial charge in [0.2, 0.25) is 0 Å². The lowest BCUT2D eigenvalue weighted by atomic mass is 10.1. The molecule has 0 spiro atoms. The highest BCUT2D eigenvalue weighted by Crippen LogP contribution is 2.13. The molecule has 1 unspecified atom stereocenters. The zero-order valence-electron chi connectivity index (χ0n) is 14.1. The molecule has 2 N–H and O–H groups in total. The summed E-state index contributed by atoms with van der Waals surface area (Å²) in [5.74, 6) is 1.96. The Kier molecular flexibility index (Phi) is 8.82. The van der Waals surface area contributed by atoms with Gasteiger partial charge in [-0.25, -0.2) is 8.42 Å². The van der Waals surface area contributed by atoms with Gasteiger partial charge in [-0.1, -0.05) is 12.1 Å². The molecule has 6 nitrogen and oxygen atoms in total. The van der Waals surface area contributed by atoms with Crippen LogP contribution in [0.1, 0.15) is 18.9 Å². The summed E-state index contributed by atoms with van der Waals surface area (Å²) in [5, 5.41) is 6.38. The van der Waals surface area contributed by atoms with Crippen molar-refractivity contribution >= 4 is 39.8 Å². The third-order valence-corrected chi connectivity index (χ3v) is 5.49. The van der Waals surface area contributed by atoms with Crippen molar-refractivity contribution < 1.29 is 13.2 Å². The molecule has 0 radical (unpaired) electrons. The second-order valence-corrected chi connectivity index (χ2v) is 7.84. The van der Waals surface area contributed by atoms with Gasteiger partial charge < -0.3 is 15.4 Å². The molecule has 0 bridgehead atoms. The Bertz CT molecular complexity index is 650. The second kappa shape index (κ2) is 10.1. The Balaban J connectivity index is 0.00000288. The number of nitrogens with one attached hydrogen (secondary N) is 2. The Morgan fingerprint density at radius 2 is 2.21 bits per heavy atom. The van der Waals surface area contributed by atoms with Crippen molar-refractivity contribution in [3.05, 3.63) is 29.8 Å². The van der Waals surface area contributed by atoms with Crippen LogP contribution in [0.15, 0.2) is 29.3 Å². The molecule has 2 rings (SSSR count). The molecule has 24 heavy (non-hydrogen) atoms. The predicted octanol–water partition coefficient (Wildman–Crippen LogP) is 1.60. The van der Waals surface area contributed by atoms with Gasteiger partial charge in [-0.2, -0.15) is 0 Å². The summed E-state index contributed by atoms with van der Waals surface area (Å²) in [6.07, 6.45) is 1.44. The van der Waals surface area contributed by atoms with Crippen molar-refractivity contribution in [1.82, 2.24) is 10.6 Å². The normalized spacial score (nSPS) is 19.4. The minimum absolute atomic E-state index is 0. The number of hydrogen-bond donors (Lipinski definition) is 2. The van der Waals surface area contributed by atoms with Crippen LogP contribution in [0.5, 0.6) is 5.75 Å². The van der Waals surface area contributed by atoms with E-state index in [0.29, 0.717) is 18.9 Å². The first-order chi connectivity index (χ1) is 11.0. The van der Waals surface area contributed by atoms with Crippen molar-refractivity contribution in [3.63, 3.8) is 0 Å². The number of guanidine groups is 1. The molecule has 0 aromatic heterocycles. The number of methoxy groups -OCH3 is 1. The van der Waals surface area contributed by atoms with Crippen molar-refractivity contribution in [2.75, 3.05) is 31.7 Å². The standard InChI is InChI=1S/C16H25N3O3S.HI/c1-3-17-16(19-14-8-10-23(20,21)12-14)18-9-7-13-5-4-6-15(11-13)22-2;/h4-6,11,14H,3,7-10,12H2,1-2H3,(H2,17,18,19);1H. The summed E-state index contributed by atoms with van der Waals surface area (Å²) in [4.78, 5) is 4.53. The highest BCUT2D eigenvalue weighted by molar-refractivity contribution is 14.0. The van der Waals surface area contributed by atoms with Crippen LogP contribution in [-0.4, -0.2) is 52.1 Å². The molecule has 1 atom stereocenters. The van der Waals surface area contributed by atoms with Crippen LogP contribution < -0.4 is 15.4 Å². The first-order valence-electron chi connectivity index (χ1n) is 7.90. The molecule has 1 fully saturated rings. The third kappa shape index (κ3) is 6.84. The Labute approximate surface area is 161 Å². The molecule has 136 valence electrons. The van der Waals surface area contributed by atoms with E-state index < -0.39 is 9.84 Å². The summed E-state index contributed by atoms with van der Waals surface area (Å²) in [6, 6.07) is 7.87.